The lowest BCUT2D eigenvalue weighted by atomic mass is 9.96. The Morgan fingerprint density at radius 2 is 1.75 bits per heavy atom. The molecule has 0 saturated carbocycles. The molecule has 0 atom stereocenters. The van der Waals surface area contributed by atoms with Gasteiger partial charge in [0.05, 0.1) is 5.92 Å². The highest BCUT2D eigenvalue weighted by molar-refractivity contribution is 6.35. The molecule has 3 heterocycles. The second kappa shape index (κ2) is 8.78. The smallest absolute Gasteiger partial charge is 0.391 e. The van der Waals surface area contributed by atoms with Crippen molar-refractivity contribution < 1.29 is 27.5 Å². The fraction of sp³-hybridized carbons (Fsp3) is 0.381. The molecule has 1 fully saturated rings. The zero-order chi connectivity index (χ0) is 23.0. The molecule has 2 aliphatic heterocycles. The number of amides is 2. The van der Waals surface area contributed by atoms with Gasteiger partial charge >= 0.3 is 6.18 Å². The first-order chi connectivity index (χ1) is 15.1. The van der Waals surface area contributed by atoms with Crippen molar-refractivity contribution in [2.45, 2.75) is 19.0 Å². The van der Waals surface area contributed by atoms with E-state index in [9.17, 15) is 22.8 Å². The number of rotatable bonds is 3. The van der Waals surface area contributed by atoms with Crippen molar-refractivity contribution in [3.63, 3.8) is 0 Å². The Morgan fingerprint density at radius 1 is 1.09 bits per heavy atom. The van der Waals surface area contributed by atoms with Gasteiger partial charge in [0.15, 0.2) is 18.2 Å². The summed E-state index contributed by atoms with van der Waals surface area (Å²) in [6, 6.07) is 6.68. The summed E-state index contributed by atoms with van der Waals surface area (Å²) in [6.45, 7) is -0.605. The van der Waals surface area contributed by atoms with Crippen molar-refractivity contribution >= 4 is 40.8 Å². The minimum absolute atomic E-state index is 0.00368. The number of alkyl halides is 3. The van der Waals surface area contributed by atoms with Crippen LogP contribution in [-0.2, 0) is 9.59 Å². The molecule has 1 aromatic heterocycles. The van der Waals surface area contributed by atoms with Crippen molar-refractivity contribution in [3.05, 3.63) is 40.5 Å². The third kappa shape index (κ3) is 4.78. The van der Waals surface area contributed by atoms with E-state index in [1.807, 2.05) is 0 Å². The highest BCUT2D eigenvalue weighted by Gasteiger charge is 2.42. The number of halogens is 5. The van der Waals surface area contributed by atoms with E-state index >= 15 is 0 Å². The van der Waals surface area contributed by atoms with E-state index in [1.165, 1.54) is 16.0 Å². The van der Waals surface area contributed by atoms with E-state index in [0.29, 0.717) is 26.9 Å². The Hall–Kier alpha value is -2.52. The number of carbonyl (C=O) groups is 2. The topological polar surface area (TPSA) is 62.7 Å². The van der Waals surface area contributed by atoms with Crippen LogP contribution >= 0.6 is 23.2 Å². The van der Waals surface area contributed by atoms with Gasteiger partial charge in [-0.1, -0.05) is 23.2 Å². The van der Waals surface area contributed by atoms with Crippen LogP contribution in [0.4, 0.5) is 19.0 Å². The molecule has 11 heteroatoms. The summed E-state index contributed by atoms with van der Waals surface area (Å²) in [5.74, 6) is -1.81. The molecule has 1 aromatic carbocycles. The Balaban J connectivity index is 1.50. The summed E-state index contributed by atoms with van der Waals surface area (Å²) in [5.41, 5.74) is 1.36. The summed E-state index contributed by atoms with van der Waals surface area (Å²) >= 11 is 12.1. The van der Waals surface area contributed by atoms with Crippen LogP contribution in [0, 0.1) is 5.92 Å². The number of aromatic nitrogens is 1. The number of nitrogens with zero attached hydrogens (tertiary/aromatic N) is 3. The van der Waals surface area contributed by atoms with Gasteiger partial charge in [-0.2, -0.15) is 13.2 Å². The average molecular weight is 488 g/mol. The lowest BCUT2D eigenvalue weighted by Gasteiger charge is -2.35. The van der Waals surface area contributed by atoms with Crippen LogP contribution in [-0.4, -0.2) is 54.1 Å². The normalized spacial score (nSPS) is 17.2. The third-order valence-electron chi connectivity index (χ3n) is 5.54. The summed E-state index contributed by atoms with van der Waals surface area (Å²) < 4.78 is 44.1. The second-order valence-electron chi connectivity index (χ2n) is 7.67. The largest absolute Gasteiger partial charge is 0.480 e. The third-order valence-corrected chi connectivity index (χ3v) is 5.98. The first-order valence-corrected chi connectivity index (χ1v) is 10.6. The number of fused-ring (bicyclic) bond motifs is 1. The predicted molar refractivity (Wildman–Crippen MR) is 113 cm³/mol. The van der Waals surface area contributed by atoms with E-state index in [1.54, 1.807) is 24.3 Å². The van der Waals surface area contributed by atoms with Crippen LogP contribution in [0.5, 0.6) is 5.75 Å². The number of hydrogen-bond acceptors (Lipinski definition) is 4. The van der Waals surface area contributed by atoms with Gasteiger partial charge in [-0.3, -0.25) is 14.5 Å². The highest BCUT2D eigenvalue weighted by atomic mass is 35.5. The molecule has 0 bridgehead atoms. The first kappa shape index (κ1) is 22.7. The number of benzene rings is 1. The fourth-order valence-corrected chi connectivity index (χ4v) is 4.34. The lowest BCUT2D eigenvalue weighted by Crippen LogP contribution is -2.49. The van der Waals surface area contributed by atoms with Crippen LogP contribution in [0.25, 0.3) is 11.1 Å². The fourth-order valence-electron chi connectivity index (χ4n) is 3.81. The molecule has 32 heavy (non-hydrogen) atoms. The van der Waals surface area contributed by atoms with Crippen LogP contribution in [0.3, 0.4) is 0 Å². The lowest BCUT2D eigenvalue weighted by molar-refractivity contribution is -0.186. The SMILES string of the molecule is O=C(CN1C(=O)COc2cc(-c3cc(Cl)cc(Cl)c3)cnc21)N1CCC(C(F)(F)F)CC1. The molecule has 0 spiro atoms. The van der Waals surface area contributed by atoms with E-state index in [4.69, 9.17) is 27.9 Å². The molecule has 170 valence electrons. The van der Waals surface area contributed by atoms with Crippen LogP contribution in [0.2, 0.25) is 10.0 Å². The van der Waals surface area contributed by atoms with Crippen LogP contribution in [0.1, 0.15) is 12.8 Å². The summed E-state index contributed by atoms with van der Waals surface area (Å²) in [6.07, 6.45) is -3.04. The number of pyridine rings is 1. The monoisotopic (exact) mass is 487 g/mol. The number of likely N-dealkylation sites (tertiary alicyclic amines) is 1. The molecular weight excluding hydrogens is 470 g/mol. The molecule has 1 saturated heterocycles. The van der Waals surface area contributed by atoms with Crippen LogP contribution in [0.15, 0.2) is 30.5 Å². The van der Waals surface area contributed by atoms with Gasteiger partial charge in [0, 0.05) is 34.9 Å². The number of ether oxygens (including phenoxy) is 1. The number of hydrogen-bond donors (Lipinski definition) is 0. The molecule has 0 radical (unpaired) electrons. The zero-order valence-electron chi connectivity index (χ0n) is 16.7. The Labute approximate surface area is 191 Å². The zero-order valence-corrected chi connectivity index (χ0v) is 18.2. The minimum atomic E-state index is -4.26. The van der Waals surface area contributed by atoms with Gasteiger partial charge in [-0.25, -0.2) is 4.98 Å². The molecule has 0 aliphatic carbocycles. The van der Waals surface area contributed by atoms with Crippen molar-refractivity contribution in [1.82, 2.24) is 9.88 Å². The van der Waals surface area contributed by atoms with E-state index in [-0.39, 0.29) is 44.9 Å². The quantitative estimate of drug-likeness (QED) is 0.635. The van der Waals surface area contributed by atoms with Crippen molar-refractivity contribution in [2.75, 3.05) is 31.1 Å². The van der Waals surface area contributed by atoms with Gasteiger partial charge in [0.25, 0.3) is 5.91 Å². The Morgan fingerprint density at radius 3 is 2.38 bits per heavy atom. The Kier molecular flexibility index (Phi) is 6.22. The molecule has 2 aromatic rings. The van der Waals surface area contributed by atoms with E-state index in [2.05, 4.69) is 4.98 Å². The van der Waals surface area contributed by atoms with Crippen molar-refractivity contribution in [2.24, 2.45) is 5.92 Å². The van der Waals surface area contributed by atoms with Gasteiger partial charge in [-0.15, -0.1) is 0 Å². The van der Waals surface area contributed by atoms with E-state index in [0.717, 1.165) is 0 Å². The van der Waals surface area contributed by atoms with Gasteiger partial charge in [0.1, 0.15) is 6.54 Å². The summed E-state index contributed by atoms with van der Waals surface area (Å²) in [5, 5.41) is 0.894. The van der Waals surface area contributed by atoms with Gasteiger partial charge < -0.3 is 9.64 Å². The van der Waals surface area contributed by atoms with E-state index < -0.39 is 23.9 Å². The maximum Gasteiger partial charge on any atom is 0.391 e. The molecule has 2 aliphatic rings. The number of carbonyl (C=O) groups excluding carboxylic acids is 2. The number of piperidine rings is 1. The maximum atomic E-state index is 12.9. The first-order valence-electron chi connectivity index (χ1n) is 9.86. The maximum absolute atomic E-state index is 12.9. The molecule has 0 unspecified atom stereocenters. The summed E-state index contributed by atoms with van der Waals surface area (Å²) in [4.78, 5) is 32.0. The summed E-state index contributed by atoms with van der Waals surface area (Å²) in [7, 11) is 0. The highest BCUT2D eigenvalue weighted by Crippen LogP contribution is 2.36. The molecule has 4 rings (SSSR count). The minimum Gasteiger partial charge on any atom is -0.480 e. The molecule has 0 N–H and O–H groups in total. The van der Waals surface area contributed by atoms with Gasteiger partial charge in [0.2, 0.25) is 5.91 Å². The molecule has 2 amide bonds. The van der Waals surface area contributed by atoms with Gasteiger partial charge in [-0.05, 0) is 42.7 Å². The number of anilines is 1. The standard InChI is InChI=1S/C21H18Cl2F3N3O3/c22-15-5-12(6-16(23)8-15)13-7-17-20(27-9-13)29(19(31)11-32-17)10-18(30)28-3-1-14(2-4-28)21(24,25)26/h5-9,14H,1-4,10-11H2. The van der Waals surface area contributed by atoms with Crippen molar-refractivity contribution in [3.8, 4) is 16.9 Å². The molecule has 6 nitrogen and oxygen atoms in total. The predicted octanol–water partition coefficient (Wildman–Crippen LogP) is 4.58. The van der Waals surface area contributed by atoms with Crippen molar-refractivity contribution in [1.29, 1.82) is 0 Å². The average Bonchev–Trinajstić information content (AvgIpc) is 2.74. The van der Waals surface area contributed by atoms with Crippen LogP contribution < -0.4 is 9.64 Å². The second-order valence-corrected chi connectivity index (χ2v) is 8.54. The molecular formula is C21H18Cl2F3N3O3. The Bertz CT molecular complexity index is 1040.